The molecule has 0 saturated heterocycles. The number of rotatable bonds is 8. The van der Waals surface area contributed by atoms with Crippen molar-refractivity contribution in [2.45, 2.75) is 12.6 Å². The highest BCUT2D eigenvalue weighted by atomic mass is 16.5. The van der Waals surface area contributed by atoms with Crippen molar-refractivity contribution in [1.29, 1.82) is 0 Å². The molecule has 0 amide bonds. The molecular formula is C25H25N3O3. The predicted octanol–water partition coefficient (Wildman–Crippen LogP) is 4.99. The van der Waals surface area contributed by atoms with Crippen molar-refractivity contribution in [1.82, 2.24) is 9.97 Å². The number of benzene rings is 3. The van der Waals surface area contributed by atoms with Crippen molar-refractivity contribution in [2.24, 2.45) is 0 Å². The first-order chi connectivity index (χ1) is 15.2. The van der Waals surface area contributed by atoms with Gasteiger partial charge in [0.15, 0.2) is 5.82 Å². The number of nitrogens with zero attached hydrogens (tertiary/aromatic N) is 2. The van der Waals surface area contributed by atoms with Crippen LogP contribution in [0.5, 0.6) is 11.5 Å². The second-order valence-electron chi connectivity index (χ2n) is 7.05. The number of aromatic nitrogens is 2. The second-order valence-corrected chi connectivity index (χ2v) is 7.05. The van der Waals surface area contributed by atoms with Crippen molar-refractivity contribution >= 4 is 16.7 Å². The lowest BCUT2D eigenvalue weighted by Gasteiger charge is -2.17. The number of anilines is 1. The molecule has 0 spiro atoms. The van der Waals surface area contributed by atoms with E-state index in [9.17, 15) is 0 Å². The van der Waals surface area contributed by atoms with Crippen LogP contribution in [0.15, 0.2) is 72.8 Å². The van der Waals surface area contributed by atoms with Crippen LogP contribution in [0.4, 0.5) is 5.82 Å². The first kappa shape index (κ1) is 20.6. The highest BCUT2D eigenvalue weighted by molar-refractivity contribution is 5.89. The molecule has 0 radical (unpaired) electrons. The fraction of sp³-hybridized carbons (Fsp3) is 0.200. The molecule has 1 atom stereocenters. The summed E-state index contributed by atoms with van der Waals surface area (Å²) >= 11 is 0. The first-order valence-corrected chi connectivity index (χ1v) is 10.0. The summed E-state index contributed by atoms with van der Waals surface area (Å²) in [5.41, 5.74) is 2.88. The number of fused-ring (bicyclic) bond motifs is 1. The van der Waals surface area contributed by atoms with Gasteiger partial charge in [0, 0.05) is 25.1 Å². The van der Waals surface area contributed by atoms with E-state index in [4.69, 9.17) is 24.2 Å². The van der Waals surface area contributed by atoms with Gasteiger partial charge in [-0.05, 0) is 35.4 Å². The van der Waals surface area contributed by atoms with Crippen LogP contribution in [0.3, 0.4) is 0 Å². The molecule has 31 heavy (non-hydrogen) atoms. The summed E-state index contributed by atoms with van der Waals surface area (Å²) in [4.78, 5) is 9.62. The van der Waals surface area contributed by atoms with E-state index < -0.39 is 0 Å². The van der Waals surface area contributed by atoms with Crippen LogP contribution < -0.4 is 14.8 Å². The van der Waals surface area contributed by atoms with Gasteiger partial charge in [0.1, 0.15) is 23.4 Å². The highest BCUT2D eigenvalue weighted by Crippen LogP contribution is 2.28. The van der Waals surface area contributed by atoms with E-state index in [2.05, 4.69) is 5.32 Å². The van der Waals surface area contributed by atoms with Gasteiger partial charge in [0.25, 0.3) is 0 Å². The minimum Gasteiger partial charge on any atom is -0.497 e. The SMILES string of the molecule is COc1cc(CNc2nc(C(OC)c3ccccc3)nc3ccccc23)cc(OC)c1. The van der Waals surface area contributed by atoms with Gasteiger partial charge in [-0.3, -0.25) is 0 Å². The molecule has 0 aliphatic heterocycles. The summed E-state index contributed by atoms with van der Waals surface area (Å²) in [5.74, 6) is 2.85. The smallest absolute Gasteiger partial charge is 0.164 e. The third-order valence-electron chi connectivity index (χ3n) is 5.06. The van der Waals surface area contributed by atoms with Crippen molar-refractivity contribution in [3.63, 3.8) is 0 Å². The molecule has 4 aromatic rings. The number of hydrogen-bond acceptors (Lipinski definition) is 6. The van der Waals surface area contributed by atoms with E-state index >= 15 is 0 Å². The van der Waals surface area contributed by atoms with E-state index in [1.807, 2.05) is 72.8 Å². The third-order valence-corrected chi connectivity index (χ3v) is 5.06. The zero-order chi connectivity index (χ0) is 21.6. The molecule has 0 fully saturated rings. The number of para-hydroxylation sites is 1. The van der Waals surface area contributed by atoms with Crippen molar-refractivity contribution in [3.8, 4) is 11.5 Å². The number of ether oxygens (including phenoxy) is 3. The fourth-order valence-electron chi connectivity index (χ4n) is 3.52. The molecule has 0 saturated carbocycles. The minimum absolute atomic E-state index is 0.358. The maximum Gasteiger partial charge on any atom is 0.164 e. The molecule has 4 rings (SSSR count). The molecule has 0 aliphatic rings. The molecular weight excluding hydrogens is 390 g/mol. The topological polar surface area (TPSA) is 65.5 Å². The summed E-state index contributed by atoms with van der Waals surface area (Å²) in [5, 5.41) is 4.41. The van der Waals surface area contributed by atoms with Gasteiger partial charge in [0.2, 0.25) is 0 Å². The Hall–Kier alpha value is -3.64. The van der Waals surface area contributed by atoms with E-state index in [1.165, 1.54) is 0 Å². The van der Waals surface area contributed by atoms with Crippen molar-refractivity contribution in [3.05, 3.63) is 89.7 Å². The summed E-state index contributed by atoms with van der Waals surface area (Å²) in [6.07, 6.45) is -0.358. The average molecular weight is 415 g/mol. The number of methoxy groups -OCH3 is 3. The highest BCUT2D eigenvalue weighted by Gasteiger charge is 2.19. The molecule has 158 valence electrons. The second kappa shape index (κ2) is 9.45. The molecule has 1 unspecified atom stereocenters. The quantitative estimate of drug-likeness (QED) is 0.437. The zero-order valence-corrected chi connectivity index (χ0v) is 17.8. The molecule has 6 heteroatoms. The molecule has 0 bridgehead atoms. The lowest BCUT2D eigenvalue weighted by atomic mass is 10.1. The number of hydrogen-bond donors (Lipinski definition) is 1. The van der Waals surface area contributed by atoms with E-state index in [-0.39, 0.29) is 6.10 Å². The van der Waals surface area contributed by atoms with Gasteiger partial charge in [0.05, 0.1) is 19.7 Å². The third kappa shape index (κ3) is 4.59. The van der Waals surface area contributed by atoms with Crippen molar-refractivity contribution < 1.29 is 14.2 Å². The Balaban J connectivity index is 1.70. The summed E-state index contributed by atoms with van der Waals surface area (Å²) in [7, 11) is 4.96. The zero-order valence-electron chi connectivity index (χ0n) is 17.8. The van der Waals surface area contributed by atoms with Gasteiger partial charge < -0.3 is 19.5 Å². The Morgan fingerprint density at radius 3 is 2.16 bits per heavy atom. The summed E-state index contributed by atoms with van der Waals surface area (Å²) in [6, 6.07) is 23.7. The Bertz CT molecular complexity index is 1140. The van der Waals surface area contributed by atoms with Gasteiger partial charge in [-0.1, -0.05) is 42.5 Å². The van der Waals surface area contributed by atoms with E-state index in [1.54, 1.807) is 21.3 Å². The Morgan fingerprint density at radius 2 is 1.48 bits per heavy atom. The van der Waals surface area contributed by atoms with Crippen LogP contribution in [0.2, 0.25) is 0 Å². The predicted molar refractivity (Wildman–Crippen MR) is 122 cm³/mol. The maximum atomic E-state index is 5.76. The lowest BCUT2D eigenvalue weighted by Crippen LogP contribution is -2.11. The molecule has 0 aliphatic carbocycles. The van der Waals surface area contributed by atoms with Crippen molar-refractivity contribution in [2.75, 3.05) is 26.6 Å². The van der Waals surface area contributed by atoms with Gasteiger partial charge in [-0.25, -0.2) is 9.97 Å². The van der Waals surface area contributed by atoms with Crippen LogP contribution in [0.1, 0.15) is 23.1 Å². The normalized spacial score (nSPS) is 11.8. The maximum absolute atomic E-state index is 5.76. The largest absolute Gasteiger partial charge is 0.497 e. The van der Waals surface area contributed by atoms with Gasteiger partial charge >= 0.3 is 0 Å². The van der Waals surface area contributed by atoms with Crippen LogP contribution >= 0.6 is 0 Å². The van der Waals surface area contributed by atoms with Gasteiger partial charge in [-0.15, -0.1) is 0 Å². The Labute approximate surface area is 181 Å². The van der Waals surface area contributed by atoms with Gasteiger partial charge in [-0.2, -0.15) is 0 Å². The Kier molecular flexibility index (Phi) is 6.29. The molecule has 3 aromatic carbocycles. The molecule has 1 aromatic heterocycles. The molecule has 6 nitrogen and oxygen atoms in total. The monoisotopic (exact) mass is 415 g/mol. The lowest BCUT2D eigenvalue weighted by molar-refractivity contribution is 0.129. The Morgan fingerprint density at radius 1 is 0.806 bits per heavy atom. The van der Waals surface area contributed by atoms with Crippen LogP contribution in [-0.4, -0.2) is 31.3 Å². The van der Waals surface area contributed by atoms with E-state index in [0.717, 1.165) is 39.3 Å². The average Bonchev–Trinajstić information content (AvgIpc) is 2.83. The van der Waals surface area contributed by atoms with Crippen LogP contribution in [0.25, 0.3) is 10.9 Å². The van der Waals surface area contributed by atoms with E-state index in [0.29, 0.717) is 12.4 Å². The fourth-order valence-corrected chi connectivity index (χ4v) is 3.52. The minimum atomic E-state index is -0.358. The molecule has 1 N–H and O–H groups in total. The molecule has 1 heterocycles. The summed E-state index contributed by atoms with van der Waals surface area (Å²) < 4.78 is 16.5. The summed E-state index contributed by atoms with van der Waals surface area (Å²) in [6.45, 7) is 0.553. The first-order valence-electron chi connectivity index (χ1n) is 10.0. The van der Waals surface area contributed by atoms with Crippen LogP contribution in [-0.2, 0) is 11.3 Å². The standard InChI is InChI=1S/C25H25N3O3/c1-29-19-13-17(14-20(15-19)30-2)16-26-24-21-11-7-8-12-22(21)27-25(28-24)23(31-3)18-9-5-4-6-10-18/h4-15,23H,16H2,1-3H3,(H,26,27,28). The number of nitrogens with one attached hydrogen (secondary N) is 1. The van der Waals surface area contributed by atoms with Crippen LogP contribution in [0, 0.1) is 0 Å².